The molecular formula is C15H22N2O3. The van der Waals surface area contributed by atoms with E-state index in [1.54, 1.807) is 12.1 Å². The lowest BCUT2D eigenvalue weighted by Crippen LogP contribution is -2.46. The summed E-state index contributed by atoms with van der Waals surface area (Å²) >= 11 is 0. The minimum atomic E-state index is -0.0763. The Hall–Kier alpha value is -1.75. The Kier molecular flexibility index (Phi) is 5.68. The van der Waals surface area contributed by atoms with Gasteiger partial charge < -0.3 is 20.1 Å². The van der Waals surface area contributed by atoms with Crippen molar-refractivity contribution >= 4 is 5.91 Å². The second-order valence-electron chi connectivity index (χ2n) is 4.80. The van der Waals surface area contributed by atoms with Gasteiger partial charge in [0.2, 0.25) is 0 Å². The first-order chi connectivity index (χ1) is 9.78. The number of piperidine rings is 1. The monoisotopic (exact) mass is 278 g/mol. The summed E-state index contributed by atoms with van der Waals surface area (Å²) in [5.41, 5.74) is 0. The third-order valence-electron chi connectivity index (χ3n) is 3.17. The van der Waals surface area contributed by atoms with E-state index in [-0.39, 0.29) is 18.6 Å². The molecule has 1 amide bonds. The first-order valence-corrected chi connectivity index (χ1v) is 7.13. The van der Waals surface area contributed by atoms with Crippen LogP contribution in [0.3, 0.4) is 0 Å². The van der Waals surface area contributed by atoms with Crippen LogP contribution in [0.2, 0.25) is 0 Å². The fourth-order valence-electron chi connectivity index (χ4n) is 2.19. The van der Waals surface area contributed by atoms with Crippen LogP contribution in [0.1, 0.15) is 19.8 Å². The highest BCUT2D eigenvalue weighted by Gasteiger charge is 2.15. The number of rotatable bonds is 6. The summed E-state index contributed by atoms with van der Waals surface area (Å²) < 4.78 is 10.8. The van der Waals surface area contributed by atoms with E-state index in [0.717, 1.165) is 31.7 Å². The Morgan fingerprint density at radius 1 is 1.30 bits per heavy atom. The summed E-state index contributed by atoms with van der Waals surface area (Å²) in [4.78, 5) is 11.8. The van der Waals surface area contributed by atoms with E-state index in [4.69, 9.17) is 9.47 Å². The summed E-state index contributed by atoms with van der Waals surface area (Å²) in [7, 11) is 0. The van der Waals surface area contributed by atoms with Crippen LogP contribution in [-0.4, -0.2) is 38.3 Å². The molecule has 1 aromatic rings. The highest BCUT2D eigenvalue weighted by atomic mass is 16.5. The first kappa shape index (κ1) is 14.7. The van der Waals surface area contributed by atoms with Crippen molar-refractivity contribution in [1.29, 1.82) is 0 Å². The van der Waals surface area contributed by atoms with Crippen LogP contribution in [0.15, 0.2) is 24.3 Å². The Bertz CT molecular complexity index is 414. The Morgan fingerprint density at radius 2 is 2.00 bits per heavy atom. The maximum atomic E-state index is 11.8. The molecule has 1 atom stereocenters. The Morgan fingerprint density at radius 3 is 2.60 bits per heavy atom. The van der Waals surface area contributed by atoms with Crippen molar-refractivity contribution in [3.8, 4) is 11.5 Å². The molecule has 1 aliphatic rings. The van der Waals surface area contributed by atoms with Gasteiger partial charge in [-0.15, -0.1) is 0 Å². The molecule has 1 unspecified atom stereocenters. The topological polar surface area (TPSA) is 59.6 Å². The molecule has 0 aliphatic carbocycles. The van der Waals surface area contributed by atoms with Crippen LogP contribution in [0.25, 0.3) is 0 Å². The maximum Gasteiger partial charge on any atom is 0.258 e. The van der Waals surface area contributed by atoms with Gasteiger partial charge >= 0.3 is 0 Å². The van der Waals surface area contributed by atoms with Crippen molar-refractivity contribution < 1.29 is 14.3 Å². The second kappa shape index (κ2) is 7.75. The predicted octanol–water partition coefficient (Wildman–Crippen LogP) is 1.33. The number of hydrogen-bond acceptors (Lipinski definition) is 4. The van der Waals surface area contributed by atoms with Gasteiger partial charge in [-0.05, 0) is 50.6 Å². The lowest BCUT2D eigenvalue weighted by atomic mass is 10.1. The number of benzene rings is 1. The lowest BCUT2D eigenvalue weighted by Gasteiger charge is -2.23. The summed E-state index contributed by atoms with van der Waals surface area (Å²) in [5, 5.41) is 6.23. The van der Waals surface area contributed by atoms with Gasteiger partial charge in [-0.3, -0.25) is 4.79 Å². The van der Waals surface area contributed by atoms with Crippen LogP contribution < -0.4 is 20.1 Å². The maximum absolute atomic E-state index is 11.8. The molecule has 0 aromatic heterocycles. The molecule has 1 aliphatic heterocycles. The number of hydrogen-bond donors (Lipinski definition) is 2. The van der Waals surface area contributed by atoms with Gasteiger partial charge in [0.25, 0.3) is 5.91 Å². The quantitative estimate of drug-likeness (QED) is 0.824. The molecule has 1 fully saturated rings. The average Bonchev–Trinajstić information content (AvgIpc) is 2.48. The molecule has 20 heavy (non-hydrogen) atoms. The van der Waals surface area contributed by atoms with Gasteiger partial charge in [0.15, 0.2) is 6.61 Å². The number of ether oxygens (including phenoxy) is 2. The highest BCUT2D eigenvalue weighted by Crippen LogP contribution is 2.17. The minimum absolute atomic E-state index is 0.0461. The van der Waals surface area contributed by atoms with E-state index < -0.39 is 0 Å². The number of carbonyl (C=O) groups excluding carboxylic acids is 1. The zero-order valence-electron chi connectivity index (χ0n) is 11.9. The zero-order chi connectivity index (χ0) is 14.2. The van der Waals surface area contributed by atoms with E-state index >= 15 is 0 Å². The van der Waals surface area contributed by atoms with Gasteiger partial charge in [0.05, 0.1) is 6.61 Å². The van der Waals surface area contributed by atoms with Crippen molar-refractivity contribution in [2.75, 3.05) is 26.3 Å². The van der Waals surface area contributed by atoms with E-state index in [1.165, 1.54) is 0 Å². The number of nitrogens with one attached hydrogen (secondary N) is 2. The van der Waals surface area contributed by atoms with Crippen molar-refractivity contribution in [2.24, 2.45) is 0 Å². The summed E-state index contributed by atoms with van der Waals surface area (Å²) in [6.07, 6.45) is 2.13. The normalized spacial score (nSPS) is 18.4. The van der Waals surface area contributed by atoms with Crippen LogP contribution in [0, 0.1) is 0 Å². The zero-order valence-corrected chi connectivity index (χ0v) is 11.9. The molecule has 2 N–H and O–H groups in total. The summed E-state index contributed by atoms with van der Waals surface area (Å²) in [5.74, 6) is 1.40. The van der Waals surface area contributed by atoms with Crippen molar-refractivity contribution in [2.45, 2.75) is 25.8 Å². The molecule has 0 spiro atoms. The Balaban J connectivity index is 1.72. The molecule has 1 saturated heterocycles. The molecule has 0 saturated carbocycles. The van der Waals surface area contributed by atoms with Crippen molar-refractivity contribution in [3.05, 3.63) is 24.3 Å². The second-order valence-corrected chi connectivity index (χ2v) is 4.80. The van der Waals surface area contributed by atoms with Crippen LogP contribution in [0.4, 0.5) is 0 Å². The fraction of sp³-hybridized carbons (Fsp3) is 0.533. The van der Waals surface area contributed by atoms with Gasteiger partial charge in [-0.2, -0.15) is 0 Å². The molecular weight excluding hydrogens is 256 g/mol. The van der Waals surface area contributed by atoms with Crippen LogP contribution in [-0.2, 0) is 4.79 Å². The molecule has 110 valence electrons. The lowest BCUT2D eigenvalue weighted by molar-refractivity contribution is -0.123. The van der Waals surface area contributed by atoms with E-state index in [0.29, 0.717) is 12.4 Å². The molecule has 5 nitrogen and oxygen atoms in total. The van der Waals surface area contributed by atoms with Gasteiger partial charge in [0, 0.05) is 12.6 Å². The largest absolute Gasteiger partial charge is 0.494 e. The molecule has 0 radical (unpaired) electrons. The van der Waals surface area contributed by atoms with Crippen LogP contribution in [0.5, 0.6) is 11.5 Å². The smallest absolute Gasteiger partial charge is 0.258 e. The van der Waals surface area contributed by atoms with Crippen molar-refractivity contribution in [3.63, 3.8) is 0 Å². The third kappa shape index (κ3) is 4.74. The third-order valence-corrected chi connectivity index (χ3v) is 3.17. The standard InChI is InChI=1S/C15H22N2O3/c1-2-19-13-5-7-14(8-6-13)20-11-15(18)17-12-4-3-9-16-10-12/h5-8,12,16H,2-4,9-11H2,1H3,(H,17,18). The van der Waals surface area contributed by atoms with E-state index in [9.17, 15) is 4.79 Å². The molecule has 2 rings (SSSR count). The predicted molar refractivity (Wildman–Crippen MR) is 77.1 cm³/mol. The molecule has 5 heteroatoms. The molecule has 0 bridgehead atoms. The highest BCUT2D eigenvalue weighted by molar-refractivity contribution is 5.77. The van der Waals surface area contributed by atoms with Gasteiger partial charge in [-0.1, -0.05) is 0 Å². The first-order valence-electron chi connectivity index (χ1n) is 7.13. The van der Waals surface area contributed by atoms with Gasteiger partial charge in [-0.25, -0.2) is 0 Å². The number of carbonyl (C=O) groups is 1. The summed E-state index contributed by atoms with van der Waals surface area (Å²) in [6, 6.07) is 7.50. The van der Waals surface area contributed by atoms with E-state index in [1.807, 2.05) is 19.1 Å². The van der Waals surface area contributed by atoms with Crippen molar-refractivity contribution in [1.82, 2.24) is 10.6 Å². The SMILES string of the molecule is CCOc1ccc(OCC(=O)NC2CCCNC2)cc1. The minimum Gasteiger partial charge on any atom is -0.494 e. The van der Waals surface area contributed by atoms with Crippen LogP contribution >= 0.6 is 0 Å². The fourth-order valence-corrected chi connectivity index (χ4v) is 2.19. The van der Waals surface area contributed by atoms with Gasteiger partial charge in [0.1, 0.15) is 11.5 Å². The number of amides is 1. The molecule has 1 heterocycles. The Labute approximate surface area is 119 Å². The summed E-state index contributed by atoms with van der Waals surface area (Å²) in [6.45, 7) is 4.50. The molecule has 1 aromatic carbocycles. The van der Waals surface area contributed by atoms with E-state index in [2.05, 4.69) is 10.6 Å². The average molecular weight is 278 g/mol.